The minimum absolute atomic E-state index is 0.0623. The summed E-state index contributed by atoms with van der Waals surface area (Å²) < 4.78 is 31.0. The Bertz CT molecular complexity index is 995. The molecule has 0 radical (unpaired) electrons. The van der Waals surface area contributed by atoms with Crippen molar-refractivity contribution in [3.8, 4) is 11.3 Å². The number of nitrogens with zero attached hydrogens (tertiary/aromatic N) is 3. The fourth-order valence-electron chi connectivity index (χ4n) is 2.75. The van der Waals surface area contributed by atoms with Crippen LogP contribution in [0.15, 0.2) is 28.7 Å². The first-order chi connectivity index (χ1) is 11.5. The van der Waals surface area contributed by atoms with E-state index in [1.165, 1.54) is 23.5 Å². The van der Waals surface area contributed by atoms with Crippen LogP contribution in [0.4, 0.5) is 8.78 Å². The van der Waals surface area contributed by atoms with Crippen molar-refractivity contribution in [2.24, 2.45) is 0 Å². The molecular formula is C17H12BrF2N3O. The lowest BCUT2D eigenvalue weighted by molar-refractivity contribution is 0.101. The molecular weight excluding hydrogens is 380 g/mol. The first kappa shape index (κ1) is 15.4. The molecule has 1 aliphatic rings. The number of halogens is 3. The van der Waals surface area contributed by atoms with Gasteiger partial charge in [0.1, 0.15) is 17.2 Å². The van der Waals surface area contributed by atoms with Crippen LogP contribution in [-0.4, -0.2) is 20.2 Å². The van der Waals surface area contributed by atoms with Gasteiger partial charge in [-0.05, 0) is 43.0 Å². The number of hydrogen-bond donors (Lipinski definition) is 0. The normalized spacial score (nSPS) is 14.3. The Morgan fingerprint density at radius 1 is 1.25 bits per heavy atom. The summed E-state index contributed by atoms with van der Waals surface area (Å²) in [6.45, 7) is 1.41. The third-order valence-corrected chi connectivity index (χ3v) is 4.60. The lowest BCUT2D eigenvalue weighted by Gasteiger charge is -2.06. The van der Waals surface area contributed by atoms with Crippen LogP contribution < -0.4 is 0 Å². The van der Waals surface area contributed by atoms with E-state index in [4.69, 9.17) is 0 Å². The predicted octanol–water partition coefficient (Wildman–Crippen LogP) is 4.52. The molecule has 0 saturated heterocycles. The molecule has 24 heavy (non-hydrogen) atoms. The largest absolute Gasteiger partial charge is 0.293 e. The van der Waals surface area contributed by atoms with Gasteiger partial charge in [0.25, 0.3) is 0 Å². The maximum atomic E-state index is 15.0. The topological polar surface area (TPSA) is 47.3 Å². The Hall–Kier alpha value is -2.15. The number of carbonyl (C=O) groups is 1. The first-order valence-corrected chi connectivity index (χ1v) is 8.30. The molecule has 2 heterocycles. The van der Waals surface area contributed by atoms with Crippen molar-refractivity contribution in [3.63, 3.8) is 0 Å². The van der Waals surface area contributed by atoms with Gasteiger partial charge >= 0.3 is 0 Å². The third-order valence-electron chi connectivity index (χ3n) is 4.11. The van der Waals surface area contributed by atoms with E-state index in [1.54, 1.807) is 12.1 Å². The van der Waals surface area contributed by atoms with Gasteiger partial charge < -0.3 is 0 Å². The summed E-state index contributed by atoms with van der Waals surface area (Å²) in [6.07, 6.45) is 1.85. The molecule has 0 unspecified atom stereocenters. The van der Waals surface area contributed by atoms with Gasteiger partial charge in [0, 0.05) is 22.7 Å². The Labute approximate surface area is 144 Å². The molecule has 2 aromatic heterocycles. The average molecular weight is 392 g/mol. The van der Waals surface area contributed by atoms with Crippen LogP contribution in [0, 0.1) is 11.8 Å². The lowest BCUT2D eigenvalue weighted by atomic mass is 10.1. The minimum atomic E-state index is -0.657. The molecule has 3 aromatic rings. The SMILES string of the molecule is CC(=O)c1cc(C2CC2)n2c(F)c(-c3ccc(Br)cc3F)nc2n1. The van der Waals surface area contributed by atoms with E-state index < -0.39 is 11.8 Å². The molecule has 0 N–H and O–H groups in total. The number of carbonyl (C=O) groups excluding carboxylic acids is 1. The molecule has 0 aliphatic heterocycles. The van der Waals surface area contributed by atoms with Crippen molar-refractivity contribution in [1.29, 1.82) is 0 Å². The zero-order chi connectivity index (χ0) is 17.0. The standard InChI is InChI=1S/C17H12BrF2N3O/c1-8(24)13-7-14(9-2-3-9)23-16(20)15(22-17(23)21-13)11-5-4-10(18)6-12(11)19/h4-7,9H,2-3H2,1H3. The number of imidazole rings is 1. The minimum Gasteiger partial charge on any atom is -0.293 e. The molecule has 1 aromatic carbocycles. The van der Waals surface area contributed by atoms with Crippen molar-refractivity contribution in [2.75, 3.05) is 0 Å². The number of aromatic nitrogens is 3. The molecule has 0 amide bonds. The highest BCUT2D eigenvalue weighted by atomic mass is 79.9. The molecule has 1 saturated carbocycles. The second-order valence-corrected chi connectivity index (χ2v) is 6.82. The maximum Gasteiger partial charge on any atom is 0.237 e. The monoisotopic (exact) mass is 391 g/mol. The van der Waals surface area contributed by atoms with Crippen LogP contribution in [0.25, 0.3) is 17.0 Å². The molecule has 0 spiro atoms. The highest BCUT2D eigenvalue weighted by molar-refractivity contribution is 9.10. The van der Waals surface area contributed by atoms with E-state index >= 15 is 0 Å². The highest BCUT2D eigenvalue weighted by Gasteiger charge is 2.30. The summed E-state index contributed by atoms with van der Waals surface area (Å²) in [5, 5.41) is 0. The summed E-state index contributed by atoms with van der Waals surface area (Å²) in [7, 11) is 0. The Morgan fingerprint density at radius 3 is 2.62 bits per heavy atom. The van der Waals surface area contributed by atoms with Crippen LogP contribution in [0.1, 0.15) is 41.9 Å². The van der Waals surface area contributed by atoms with Gasteiger partial charge in [0.2, 0.25) is 11.7 Å². The third kappa shape index (κ3) is 2.43. The second kappa shape index (κ2) is 5.44. The maximum absolute atomic E-state index is 15.0. The summed E-state index contributed by atoms with van der Waals surface area (Å²) in [4.78, 5) is 20.0. The van der Waals surface area contributed by atoms with E-state index in [0.717, 1.165) is 12.8 Å². The smallest absolute Gasteiger partial charge is 0.237 e. The van der Waals surface area contributed by atoms with E-state index in [1.807, 2.05) is 0 Å². The van der Waals surface area contributed by atoms with E-state index in [9.17, 15) is 13.6 Å². The van der Waals surface area contributed by atoms with Crippen LogP contribution in [-0.2, 0) is 0 Å². The molecule has 4 nitrogen and oxygen atoms in total. The Kier molecular flexibility index (Phi) is 3.49. The fraction of sp³-hybridized carbons (Fsp3) is 0.235. The van der Waals surface area contributed by atoms with E-state index in [2.05, 4.69) is 25.9 Å². The predicted molar refractivity (Wildman–Crippen MR) is 88.0 cm³/mol. The molecule has 1 fully saturated rings. The van der Waals surface area contributed by atoms with Crippen molar-refractivity contribution in [1.82, 2.24) is 14.4 Å². The van der Waals surface area contributed by atoms with Crippen molar-refractivity contribution < 1.29 is 13.6 Å². The number of Topliss-reactive ketones (excluding diaryl/α,β-unsaturated/α-hetero) is 1. The molecule has 1 aliphatic carbocycles. The van der Waals surface area contributed by atoms with Crippen molar-refractivity contribution >= 4 is 27.5 Å². The number of fused-ring (bicyclic) bond motifs is 1. The molecule has 122 valence electrons. The first-order valence-electron chi connectivity index (χ1n) is 7.51. The van der Waals surface area contributed by atoms with E-state index in [-0.39, 0.29) is 34.4 Å². The number of benzene rings is 1. The van der Waals surface area contributed by atoms with Crippen LogP contribution in [0.5, 0.6) is 0 Å². The van der Waals surface area contributed by atoms with Gasteiger partial charge in [0.05, 0.1) is 0 Å². The van der Waals surface area contributed by atoms with Crippen LogP contribution >= 0.6 is 15.9 Å². The van der Waals surface area contributed by atoms with Gasteiger partial charge in [-0.25, -0.2) is 14.4 Å². The van der Waals surface area contributed by atoms with Gasteiger partial charge in [-0.15, -0.1) is 0 Å². The zero-order valence-electron chi connectivity index (χ0n) is 12.7. The average Bonchev–Trinajstić information content (AvgIpc) is 3.32. The molecule has 7 heteroatoms. The van der Waals surface area contributed by atoms with Gasteiger partial charge in [-0.3, -0.25) is 9.20 Å². The summed E-state index contributed by atoms with van der Waals surface area (Å²) in [5.41, 5.74) is 0.874. The Balaban J connectivity index is 2.00. The zero-order valence-corrected chi connectivity index (χ0v) is 14.3. The van der Waals surface area contributed by atoms with Gasteiger partial charge in [-0.1, -0.05) is 15.9 Å². The quantitative estimate of drug-likeness (QED) is 0.616. The molecule has 0 bridgehead atoms. The van der Waals surface area contributed by atoms with E-state index in [0.29, 0.717) is 10.2 Å². The van der Waals surface area contributed by atoms with Crippen molar-refractivity contribution in [3.05, 3.63) is 51.9 Å². The van der Waals surface area contributed by atoms with Gasteiger partial charge in [-0.2, -0.15) is 4.39 Å². The Morgan fingerprint density at radius 2 is 2.00 bits per heavy atom. The molecule has 0 atom stereocenters. The van der Waals surface area contributed by atoms with Gasteiger partial charge in [0.15, 0.2) is 5.78 Å². The summed E-state index contributed by atoms with van der Waals surface area (Å²) in [5.74, 6) is -1.18. The molecule has 4 rings (SSSR count). The fourth-order valence-corrected chi connectivity index (χ4v) is 3.08. The van der Waals surface area contributed by atoms with Crippen LogP contribution in [0.3, 0.4) is 0 Å². The highest BCUT2D eigenvalue weighted by Crippen LogP contribution is 2.41. The van der Waals surface area contributed by atoms with Crippen LogP contribution in [0.2, 0.25) is 0 Å². The number of ketones is 1. The summed E-state index contributed by atoms with van der Waals surface area (Å²) >= 11 is 3.18. The second-order valence-electron chi connectivity index (χ2n) is 5.91. The number of rotatable bonds is 3. The summed E-state index contributed by atoms with van der Waals surface area (Å²) in [6, 6.07) is 5.96. The van der Waals surface area contributed by atoms with Crippen molar-refractivity contribution in [2.45, 2.75) is 25.7 Å². The lowest BCUT2D eigenvalue weighted by Crippen LogP contribution is -2.06. The number of hydrogen-bond acceptors (Lipinski definition) is 3.